The summed E-state index contributed by atoms with van der Waals surface area (Å²) < 4.78 is 46.5. The molecule has 5 nitrogen and oxygen atoms in total. The number of hydrogen-bond acceptors (Lipinski definition) is 4. The highest BCUT2D eigenvalue weighted by molar-refractivity contribution is 6.06. The van der Waals surface area contributed by atoms with Gasteiger partial charge in [-0.2, -0.15) is 0 Å². The summed E-state index contributed by atoms with van der Waals surface area (Å²) in [5.74, 6) is -6.51. The van der Waals surface area contributed by atoms with E-state index in [2.05, 4.69) is 0 Å². The van der Waals surface area contributed by atoms with E-state index in [1.165, 1.54) is 0 Å². The molecule has 2 aliphatic rings. The van der Waals surface area contributed by atoms with Gasteiger partial charge in [-0.25, -0.2) is 13.2 Å². The Morgan fingerprint density at radius 3 is 2.60 bits per heavy atom. The van der Waals surface area contributed by atoms with Crippen LogP contribution in [0.1, 0.15) is 13.3 Å². The van der Waals surface area contributed by atoms with Crippen LogP contribution in [0.2, 0.25) is 0 Å². The number of alkyl halides is 3. The number of allylic oxidation sites excluding steroid dienone is 1. The van der Waals surface area contributed by atoms with Gasteiger partial charge in [0.15, 0.2) is 5.78 Å². The molecule has 0 aliphatic carbocycles. The lowest BCUT2D eigenvalue weighted by Crippen LogP contribution is -2.48. The third kappa shape index (κ3) is 2.03. The van der Waals surface area contributed by atoms with Crippen LogP contribution in [0.4, 0.5) is 13.2 Å². The SMILES string of the molecule is C[C@H]1C(F)(F)[C@H](N2C=CC(=O)CC2=O)O[C@@]1(CO)CF. The Bertz CT molecular complexity index is 462. The Morgan fingerprint density at radius 2 is 2.15 bits per heavy atom. The molecule has 0 unspecified atom stereocenters. The van der Waals surface area contributed by atoms with E-state index in [1.807, 2.05) is 0 Å². The summed E-state index contributed by atoms with van der Waals surface area (Å²) in [5, 5.41) is 9.17. The maximum atomic E-state index is 14.2. The van der Waals surface area contributed by atoms with Crippen LogP contribution in [0.15, 0.2) is 12.3 Å². The second-order valence-electron chi connectivity index (χ2n) is 4.98. The Hall–Kier alpha value is -1.41. The van der Waals surface area contributed by atoms with E-state index in [-0.39, 0.29) is 0 Å². The first kappa shape index (κ1) is 15.0. The number of rotatable bonds is 3. The molecule has 0 aromatic carbocycles. The number of aliphatic hydroxyl groups excluding tert-OH is 1. The first-order valence-corrected chi connectivity index (χ1v) is 6.03. The van der Waals surface area contributed by atoms with Crippen LogP contribution in [0, 0.1) is 5.92 Å². The van der Waals surface area contributed by atoms with Gasteiger partial charge in [-0.3, -0.25) is 14.5 Å². The predicted molar refractivity (Wildman–Crippen MR) is 60.4 cm³/mol. The molecule has 0 spiro atoms. The minimum absolute atomic E-state index is 0.500. The van der Waals surface area contributed by atoms with Crippen molar-refractivity contribution in [2.45, 2.75) is 31.1 Å². The number of nitrogens with zero attached hydrogens (tertiary/aromatic N) is 1. The second kappa shape index (κ2) is 4.85. The van der Waals surface area contributed by atoms with Gasteiger partial charge in [0, 0.05) is 6.20 Å². The molecule has 0 saturated carbocycles. The minimum atomic E-state index is -3.55. The zero-order valence-corrected chi connectivity index (χ0v) is 10.7. The third-order valence-corrected chi connectivity index (χ3v) is 3.82. The van der Waals surface area contributed by atoms with Gasteiger partial charge >= 0.3 is 0 Å². The number of aliphatic hydroxyl groups is 1. The average molecular weight is 293 g/mol. The van der Waals surface area contributed by atoms with Crippen molar-refractivity contribution in [3.63, 3.8) is 0 Å². The molecule has 1 N–H and O–H groups in total. The van der Waals surface area contributed by atoms with Crippen molar-refractivity contribution < 1.29 is 32.6 Å². The first-order valence-electron chi connectivity index (χ1n) is 6.03. The highest BCUT2D eigenvalue weighted by Gasteiger charge is 2.66. The van der Waals surface area contributed by atoms with E-state index in [0.717, 1.165) is 19.2 Å². The lowest BCUT2D eigenvalue weighted by atomic mass is 9.88. The van der Waals surface area contributed by atoms with Crippen LogP contribution in [-0.2, 0) is 14.3 Å². The third-order valence-electron chi connectivity index (χ3n) is 3.82. The van der Waals surface area contributed by atoms with Crippen molar-refractivity contribution in [1.29, 1.82) is 0 Å². The Kier molecular flexibility index (Phi) is 3.64. The Labute approximate surface area is 113 Å². The van der Waals surface area contributed by atoms with Crippen molar-refractivity contribution in [2.75, 3.05) is 13.3 Å². The Balaban J connectivity index is 2.35. The number of carbonyl (C=O) groups excluding carboxylic acids is 2. The number of halogens is 3. The van der Waals surface area contributed by atoms with Gasteiger partial charge in [-0.15, -0.1) is 0 Å². The summed E-state index contributed by atoms with van der Waals surface area (Å²) >= 11 is 0. The van der Waals surface area contributed by atoms with E-state index >= 15 is 0 Å². The number of amides is 1. The fourth-order valence-corrected chi connectivity index (χ4v) is 2.33. The van der Waals surface area contributed by atoms with Crippen LogP contribution in [-0.4, -0.2) is 52.7 Å². The molecular formula is C12H14F3NO4. The monoisotopic (exact) mass is 293 g/mol. The molecule has 20 heavy (non-hydrogen) atoms. The van der Waals surface area contributed by atoms with Crippen molar-refractivity contribution in [2.24, 2.45) is 5.92 Å². The van der Waals surface area contributed by atoms with Gasteiger partial charge in [0.05, 0.1) is 18.9 Å². The van der Waals surface area contributed by atoms with Crippen LogP contribution < -0.4 is 0 Å². The maximum Gasteiger partial charge on any atom is 0.297 e. The van der Waals surface area contributed by atoms with Crippen LogP contribution in [0.3, 0.4) is 0 Å². The first-order chi connectivity index (χ1) is 9.28. The molecule has 3 atom stereocenters. The normalized spacial score (nSPS) is 36.8. The summed E-state index contributed by atoms with van der Waals surface area (Å²) in [5.41, 5.74) is -2.05. The highest BCUT2D eigenvalue weighted by atomic mass is 19.3. The maximum absolute atomic E-state index is 14.2. The molecule has 0 aromatic rings. The van der Waals surface area contributed by atoms with Crippen molar-refractivity contribution >= 4 is 11.7 Å². The quantitative estimate of drug-likeness (QED) is 0.775. The van der Waals surface area contributed by atoms with Gasteiger partial charge in [-0.1, -0.05) is 6.92 Å². The average Bonchev–Trinajstić information content (AvgIpc) is 2.60. The smallest absolute Gasteiger partial charge is 0.297 e. The summed E-state index contributed by atoms with van der Waals surface area (Å²) in [7, 11) is 0. The standard InChI is InChI=1S/C12H14F3NO4/c1-7-11(5-13,6-17)20-10(12(7,14)15)16-3-2-8(18)4-9(16)19/h2-3,7,10,17H,4-6H2,1H3/t7-,10-,11-/m1/s1. The van der Waals surface area contributed by atoms with E-state index in [1.54, 1.807) is 0 Å². The zero-order valence-electron chi connectivity index (χ0n) is 10.7. The molecular weight excluding hydrogens is 279 g/mol. The molecule has 112 valence electrons. The van der Waals surface area contributed by atoms with Gasteiger partial charge in [-0.05, 0) is 6.08 Å². The van der Waals surface area contributed by atoms with Crippen molar-refractivity contribution in [3.05, 3.63) is 12.3 Å². The van der Waals surface area contributed by atoms with Gasteiger partial charge in [0.25, 0.3) is 5.92 Å². The lowest BCUT2D eigenvalue weighted by molar-refractivity contribution is -0.178. The van der Waals surface area contributed by atoms with E-state index in [9.17, 15) is 22.8 Å². The van der Waals surface area contributed by atoms with E-state index in [0.29, 0.717) is 4.90 Å². The molecule has 0 aromatic heterocycles. The van der Waals surface area contributed by atoms with Gasteiger partial charge in [0.1, 0.15) is 12.3 Å². The molecule has 1 amide bonds. The molecule has 1 fully saturated rings. The largest absolute Gasteiger partial charge is 0.393 e. The summed E-state index contributed by atoms with van der Waals surface area (Å²) in [6.45, 7) is -1.18. The van der Waals surface area contributed by atoms with E-state index in [4.69, 9.17) is 9.84 Å². The number of ether oxygens (including phenoxy) is 1. The zero-order chi connectivity index (χ0) is 15.1. The van der Waals surface area contributed by atoms with Crippen LogP contribution in [0.25, 0.3) is 0 Å². The number of ketones is 1. The second-order valence-corrected chi connectivity index (χ2v) is 4.98. The van der Waals surface area contributed by atoms with Crippen molar-refractivity contribution in [1.82, 2.24) is 4.90 Å². The molecule has 1 saturated heterocycles. The van der Waals surface area contributed by atoms with Crippen LogP contribution in [0.5, 0.6) is 0 Å². The minimum Gasteiger partial charge on any atom is -0.393 e. The topological polar surface area (TPSA) is 66.8 Å². The summed E-state index contributed by atoms with van der Waals surface area (Å²) in [6, 6.07) is 0. The summed E-state index contributed by atoms with van der Waals surface area (Å²) in [4.78, 5) is 23.3. The Morgan fingerprint density at radius 1 is 1.50 bits per heavy atom. The predicted octanol–water partition coefficient (Wildman–Crippen LogP) is 0.630. The molecule has 0 radical (unpaired) electrons. The lowest BCUT2D eigenvalue weighted by Gasteiger charge is -2.31. The number of carbonyl (C=O) groups is 2. The van der Waals surface area contributed by atoms with Gasteiger partial charge in [0.2, 0.25) is 12.1 Å². The van der Waals surface area contributed by atoms with Crippen molar-refractivity contribution in [3.8, 4) is 0 Å². The molecule has 2 rings (SSSR count). The molecule has 0 bridgehead atoms. The highest BCUT2D eigenvalue weighted by Crippen LogP contribution is 2.48. The van der Waals surface area contributed by atoms with Crippen LogP contribution >= 0.6 is 0 Å². The fourth-order valence-electron chi connectivity index (χ4n) is 2.33. The molecule has 8 heteroatoms. The fraction of sp³-hybridized carbons (Fsp3) is 0.667. The van der Waals surface area contributed by atoms with E-state index < -0.39 is 55.1 Å². The molecule has 2 aliphatic heterocycles. The number of hydrogen-bond donors (Lipinski definition) is 1. The summed E-state index contributed by atoms with van der Waals surface area (Å²) in [6.07, 6.45) is -0.676. The molecule has 2 heterocycles. The van der Waals surface area contributed by atoms with Gasteiger partial charge < -0.3 is 9.84 Å².